The predicted octanol–water partition coefficient (Wildman–Crippen LogP) is 4.28. The molecule has 0 spiro atoms. The lowest BCUT2D eigenvalue weighted by atomic mass is 9.83. The first-order valence-corrected chi connectivity index (χ1v) is 11.5. The van der Waals surface area contributed by atoms with Crippen molar-refractivity contribution in [2.24, 2.45) is 17.8 Å². The summed E-state index contributed by atoms with van der Waals surface area (Å²) in [6.07, 6.45) is 9.93. The van der Waals surface area contributed by atoms with Crippen LogP contribution < -0.4 is 5.32 Å². The highest BCUT2D eigenvalue weighted by Crippen LogP contribution is 2.29. The fraction of sp³-hybridized carbons (Fsp3) is 0.913. The summed E-state index contributed by atoms with van der Waals surface area (Å²) in [6, 6.07) is 0.233. The molecule has 5 nitrogen and oxygen atoms in total. The van der Waals surface area contributed by atoms with E-state index in [4.69, 9.17) is 9.47 Å². The van der Waals surface area contributed by atoms with Gasteiger partial charge in [-0.2, -0.15) is 0 Å². The van der Waals surface area contributed by atoms with Gasteiger partial charge in [0.25, 0.3) is 0 Å². The molecule has 28 heavy (non-hydrogen) atoms. The van der Waals surface area contributed by atoms with Gasteiger partial charge in [-0.3, -0.25) is 9.59 Å². The lowest BCUT2D eigenvalue weighted by Crippen LogP contribution is -2.39. The van der Waals surface area contributed by atoms with E-state index in [1.807, 2.05) is 6.92 Å². The van der Waals surface area contributed by atoms with E-state index in [-0.39, 0.29) is 17.9 Å². The first-order valence-electron chi connectivity index (χ1n) is 11.5. The molecule has 0 saturated heterocycles. The topological polar surface area (TPSA) is 64.6 Å². The molecule has 2 saturated carbocycles. The fourth-order valence-electron chi connectivity index (χ4n) is 4.46. The number of rotatable bonds is 11. The lowest BCUT2D eigenvalue weighted by molar-refractivity contribution is -0.124. The normalized spacial score (nSPS) is 28.3. The molecule has 5 heteroatoms. The van der Waals surface area contributed by atoms with Crippen molar-refractivity contribution in [3.8, 4) is 0 Å². The molecule has 2 fully saturated rings. The van der Waals surface area contributed by atoms with Gasteiger partial charge in [-0.25, -0.2) is 0 Å². The molecule has 0 heterocycles. The number of carbonyl (C=O) groups excluding carboxylic acids is 2. The summed E-state index contributed by atoms with van der Waals surface area (Å²) in [5.74, 6) is 2.00. The summed E-state index contributed by atoms with van der Waals surface area (Å²) in [5, 5.41) is 3.12. The van der Waals surface area contributed by atoms with Gasteiger partial charge in [-0.15, -0.1) is 0 Å². The van der Waals surface area contributed by atoms with E-state index < -0.39 is 0 Å². The zero-order valence-corrected chi connectivity index (χ0v) is 18.2. The number of carbonyl (C=O) groups is 2. The van der Waals surface area contributed by atoms with Gasteiger partial charge in [0, 0.05) is 38.0 Å². The Morgan fingerprint density at radius 1 is 0.929 bits per heavy atom. The minimum absolute atomic E-state index is 0.0832. The molecule has 0 aromatic heterocycles. The molecule has 2 rings (SSSR count). The number of hydrogen-bond acceptors (Lipinski definition) is 4. The van der Waals surface area contributed by atoms with E-state index in [0.717, 1.165) is 38.9 Å². The highest BCUT2D eigenvalue weighted by atomic mass is 16.5. The smallest absolute Gasteiger partial charge is 0.222 e. The Hall–Kier alpha value is -0.940. The van der Waals surface area contributed by atoms with E-state index in [1.54, 1.807) is 0 Å². The van der Waals surface area contributed by atoms with Crippen LogP contribution >= 0.6 is 0 Å². The van der Waals surface area contributed by atoms with Crippen molar-refractivity contribution in [1.82, 2.24) is 5.32 Å². The van der Waals surface area contributed by atoms with E-state index in [9.17, 15) is 9.59 Å². The third kappa shape index (κ3) is 8.60. The Morgan fingerprint density at radius 3 is 2.11 bits per heavy atom. The molecule has 162 valence electrons. The van der Waals surface area contributed by atoms with Crippen molar-refractivity contribution >= 4 is 11.7 Å². The van der Waals surface area contributed by atoms with Crippen molar-refractivity contribution in [1.29, 1.82) is 0 Å². The summed E-state index contributed by atoms with van der Waals surface area (Å²) >= 11 is 0. The Balaban J connectivity index is 1.49. The Bertz CT molecular complexity index is 463. The minimum Gasteiger partial charge on any atom is -0.381 e. The second kappa shape index (κ2) is 12.6. The molecule has 0 unspecified atom stereocenters. The zero-order chi connectivity index (χ0) is 20.4. The second-order valence-electron chi connectivity index (χ2n) is 9.03. The molecule has 0 aromatic rings. The Morgan fingerprint density at radius 2 is 1.54 bits per heavy atom. The molecule has 0 atom stereocenters. The molecule has 1 amide bonds. The predicted molar refractivity (Wildman–Crippen MR) is 111 cm³/mol. The molecule has 0 aromatic carbocycles. The molecule has 0 aliphatic heterocycles. The molecular weight excluding hydrogens is 354 g/mol. The Kier molecular flexibility index (Phi) is 10.5. The summed E-state index contributed by atoms with van der Waals surface area (Å²) in [5.41, 5.74) is 0. The SMILES string of the molecule is CCC(=O)C1CCC(NC(=O)CCOCC2CCC(COC(C)C)CC2)CC1. The average Bonchev–Trinajstić information content (AvgIpc) is 2.70. The van der Waals surface area contributed by atoms with Crippen LogP contribution in [0.25, 0.3) is 0 Å². The number of ether oxygens (including phenoxy) is 2. The van der Waals surface area contributed by atoms with E-state index >= 15 is 0 Å². The monoisotopic (exact) mass is 395 g/mol. The van der Waals surface area contributed by atoms with Crippen molar-refractivity contribution < 1.29 is 19.1 Å². The molecular formula is C23H41NO4. The summed E-state index contributed by atoms with van der Waals surface area (Å²) in [4.78, 5) is 23.9. The van der Waals surface area contributed by atoms with Gasteiger partial charge < -0.3 is 14.8 Å². The van der Waals surface area contributed by atoms with E-state index in [2.05, 4.69) is 19.2 Å². The third-order valence-corrected chi connectivity index (χ3v) is 6.35. The van der Waals surface area contributed by atoms with Gasteiger partial charge in [0.2, 0.25) is 5.91 Å². The third-order valence-electron chi connectivity index (χ3n) is 6.35. The van der Waals surface area contributed by atoms with Gasteiger partial charge in [0.1, 0.15) is 5.78 Å². The highest BCUT2D eigenvalue weighted by Gasteiger charge is 2.26. The quantitative estimate of drug-likeness (QED) is 0.530. The summed E-state index contributed by atoms with van der Waals surface area (Å²) in [7, 11) is 0. The van der Waals surface area contributed by atoms with Gasteiger partial charge >= 0.3 is 0 Å². The first kappa shape index (κ1) is 23.3. The van der Waals surface area contributed by atoms with Gasteiger partial charge in [0.15, 0.2) is 0 Å². The largest absolute Gasteiger partial charge is 0.381 e. The van der Waals surface area contributed by atoms with Crippen molar-refractivity contribution in [3.05, 3.63) is 0 Å². The van der Waals surface area contributed by atoms with Gasteiger partial charge in [-0.1, -0.05) is 6.92 Å². The second-order valence-corrected chi connectivity index (χ2v) is 9.03. The number of hydrogen-bond donors (Lipinski definition) is 1. The first-order chi connectivity index (χ1) is 13.5. The Labute approximate surface area is 171 Å². The molecule has 0 bridgehead atoms. The number of nitrogens with one attached hydrogen (secondary N) is 1. The van der Waals surface area contributed by atoms with Crippen LogP contribution in [0, 0.1) is 17.8 Å². The van der Waals surface area contributed by atoms with Crippen molar-refractivity contribution in [2.45, 2.75) is 97.1 Å². The van der Waals surface area contributed by atoms with Crippen molar-refractivity contribution in [3.63, 3.8) is 0 Å². The maximum absolute atomic E-state index is 12.1. The van der Waals surface area contributed by atoms with Crippen LogP contribution in [0.4, 0.5) is 0 Å². The summed E-state index contributed by atoms with van der Waals surface area (Å²) in [6.45, 7) is 8.28. The minimum atomic E-state index is 0.0832. The average molecular weight is 396 g/mol. The molecule has 0 radical (unpaired) electrons. The van der Waals surface area contributed by atoms with Crippen LogP contribution in [0.1, 0.15) is 85.0 Å². The van der Waals surface area contributed by atoms with Crippen molar-refractivity contribution in [2.75, 3.05) is 19.8 Å². The van der Waals surface area contributed by atoms with Gasteiger partial charge in [-0.05, 0) is 77.0 Å². The number of Topliss-reactive ketones (excluding diaryl/α,β-unsaturated/α-hetero) is 1. The number of ketones is 1. The van der Waals surface area contributed by atoms with Crippen LogP contribution in [-0.2, 0) is 19.1 Å². The van der Waals surface area contributed by atoms with Crippen LogP contribution in [0.5, 0.6) is 0 Å². The lowest BCUT2D eigenvalue weighted by Gasteiger charge is -2.29. The maximum Gasteiger partial charge on any atom is 0.222 e. The zero-order valence-electron chi connectivity index (χ0n) is 18.2. The molecule has 2 aliphatic carbocycles. The maximum atomic E-state index is 12.1. The fourth-order valence-corrected chi connectivity index (χ4v) is 4.46. The molecule has 2 aliphatic rings. The van der Waals surface area contributed by atoms with Crippen LogP contribution in [-0.4, -0.2) is 43.7 Å². The number of amides is 1. The highest BCUT2D eigenvalue weighted by molar-refractivity contribution is 5.80. The van der Waals surface area contributed by atoms with E-state index in [1.165, 1.54) is 25.7 Å². The van der Waals surface area contributed by atoms with Crippen LogP contribution in [0.15, 0.2) is 0 Å². The molecule has 1 N–H and O–H groups in total. The van der Waals surface area contributed by atoms with E-state index in [0.29, 0.717) is 43.2 Å². The standard InChI is InChI=1S/C23H41NO4/c1-4-22(25)20-9-11-21(12-10-20)24-23(26)13-14-27-15-18-5-7-19(8-6-18)16-28-17(2)3/h17-21H,4-16H2,1-3H3,(H,24,26). The van der Waals surface area contributed by atoms with Crippen LogP contribution in [0.3, 0.4) is 0 Å². The van der Waals surface area contributed by atoms with Gasteiger partial charge in [0.05, 0.1) is 12.7 Å². The summed E-state index contributed by atoms with van der Waals surface area (Å²) < 4.78 is 11.5. The van der Waals surface area contributed by atoms with Crippen LogP contribution in [0.2, 0.25) is 0 Å².